The molecule has 1 unspecified atom stereocenters. The highest BCUT2D eigenvalue weighted by molar-refractivity contribution is 5.77. The van der Waals surface area contributed by atoms with Gasteiger partial charge < -0.3 is 10.5 Å². The van der Waals surface area contributed by atoms with Crippen molar-refractivity contribution in [1.29, 1.82) is 5.41 Å². The van der Waals surface area contributed by atoms with Crippen LogP contribution < -0.4 is 5.73 Å². The zero-order valence-corrected chi connectivity index (χ0v) is 8.94. The predicted octanol–water partition coefficient (Wildman–Crippen LogP) is 1.36. The van der Waals surface area contributed by atoms with E-state index in [0.717, 1.165) is 12.1 Å². The monoisotopic (exact) mass is 207 g/mol. The van der Waals surface area contributed by atoms with Crippen LogP contribution in [0.3, 0.4) is 0 Å². The Hall–Kier alpha value is -1.42. The minimum Gasteiger partial charge on any atom is -0.388 e. The second kappa shape index (κ2) is 6.14. The van der Waals surface area contributed by atoms with Crippen LogP contribution >= 0.6 is 0 Å². The molecule has 0 aliphatic heterocycles. The number of hydrogen-bond donors (Lipinski definition) is 2. The summed E-state index contributed by atoms with van der Waals surface area (Å²) in [5.41, 5.74) is 6.29. The molecule has 0 aromatic carbocycles. The number of hydrogen-bond acceptors (Lipinski definition) is 3. The maximum atomic E-state index is 7.11. The first-order valence-corrected chi connectivity index (χ1v) is 5.03. The average molecular weight is 207 g/mol. The van der Waals surface area contributed by atoms with E-state index in [2.05, 4.69) is 4.98 Å². The van der Waals surface area contributed by atoms with E-state index in [4.69, 9.17) is 15.9 Å². The zero-order valence-electron chi connectivity index (χ0n) is 8.94. The number of amidine groups is 1. The first-order valence-electron chi connectivity index (χ1n) is 5.03. The molecular weight excluding hydrogens is 190 g/mol. The topological polar surface area (TPSA) is 72.0 Å². The largest absolute Gasteiger partial charge is 0.388 e. The van der Waals surface area contributed by atoms with Gasteiger partial charge in [-0.15, -0.1) is 0 Å². The number of nitrogens with one attached hydrogen (secondary N) is 1. The van der Waals surface area contributed by atoms with Crippen LogP contribution in [0.2, 0.25) is 0 Å². The molecule has 0 spiro atoms. The average Bonchev–Trinajstić information content (AvgIpc) is 2.18. The first-order chi connectivity index (χ1) is 7.18. The molecule has 1 aromatic heterocycles. The van der Waals surface area contributed by atoms with Gasteiger partial charge in [0.25, 0.3) is 0 Å². The lowest BCUT2D eigenvalue weighted by Gasteiger charge is -2.11. The fourth-order valence-corrected chi connectivity index (χ4v) is 1.28. The molecule has 0 aliphatic carbocycles. The van der Waals surface area contributed by atoms with E-state index >= 15 is 0 Å². The van der Waals surface area contributed by atoms with Crippen molar-refractivity contribution in [2.24, 2.45) is 5.73 Å². The Labute approximate surface area is 90.0 Å². The van der Waals surface area contributed by atoms with Crippen molar-refractivity contribution in [3.8, 4) is 0 Å². The molecule has 0 radical (unpaired) electrons. The molecule has 0 bridgehead atoms. The molecule has 15 heavy (non-hydrogen) atoms. The number of pyridine rings is 1. The van der Waals surface area contributed by atoms with Crippen molar-refractivity contribution < 1.29 is 4.74 Å². The van der Waals surface area contributed by atoms with Gasteiger partial charge >= 0.3 is 0 Å². The minimum atomic E-state index is 0.00575. The highest BCUT2D eigenvalue weighted by atomic mass is 16.5. The number of nitrogens with zero attached hydrogens (tertiary/aromatic N) is 1. The predicted molar refractivity (Wildman–Crippen MR) is 59.9 cm³/mol. The Balaban J connectivity index is 2.19. The van der Waals surface area contributed by atoms with E-state index < -0.39 is 0 Å². The quantitative estimate of drug-likeness (QED) is 0.546. The zero-order chi connectivity index (χ0) is 11.1. The van der Waals surface area contributed by atoms with Crippen LogP contribution in [0, 0.1) is 5.41 Å². The summed E-state index contributed by atoms with van der Waals surface area (Å²) in [6, 6.07) is 5.82. The van der Waals surface area contributed by atoms with Gasteiger partial charge in [-0.25, -0.2) is 0 Å². The fraction of sp³-hybridized carbons (Fsp3) is 0.455. The van der Waals surface area contributed by atoms with E-state index in [1.807, 2.05) is 25.1 Å². The summed E-state index contributed by atoms with van der Waals surface area (Å²) in [6.07, 6.45) is 3.06. The third-order valence-corrected chi connectivity index (χ3v) is 1.99. The van der Waals surface area contributed by atoms with Crippen molar-refractivity contribution in [3.05, 3.63) is 30.1 Å². The van der Waals surface area contributed by atoms with Gasteiger partial charge in [-0.2, -0.15) is 0 Å². The van der Waals surface area contributed by atoms with E-state index in [9.17, 15) is 0 Å². The van der Waals surface area contributed by atoms with Gasteiger partial charge in [-0.1, -0.05) is 6.07 Å². The number of rotatable bonds is 6. The van der Waals surface area contributed by atoms with Crippen molar-refractivity contribution in [2.75, 3.05) is 6.61 Å². The minimum absolute atomic E-state index is 0.00575. The van der Waals surface area contributed by atoms with Gasteiger partial charge in [-0.05, 0) is 19.1 Å². The number of nitrogens with two attached hydrogens (primary N) is 1. The lowest BCUT2D eigenvalue weighted by atomic mass is 10.2. The van der Waals surface area contributed by atoms with Gasteiger partial charge in [0, 0.05) is 24.7 Å². The summed E-state index contributed by atoms with van der Waals surface area (Å²) < 4.78 is 5.50. The van der Waals surface area contributed by atoms with Crippen LogP contribution in [-0.2, 0) is 11.2 Å². The SMILES string of the molecule is CC(CC(=N)N)OCCc1ccccn1. The maximum Gasteiger partial charge on any atom is 0.0931 e. The second-order valence-corrected chi connectivity index (χ2v) is 3.48. The third kappa shape index (κ3) is 5.12. The van der Waals surface area contributed by atoms with Crippen molar-refractivity contribution >= 4 is 5.84 Å². The molecule has 1 aromatic rings. The molecule has 1 heterocycles. The first kappa shape index (κ1) is 11.7. The summed E-state index contributed by atoms with van der Waals surface area (Å²) in [5, 5.41) is 7.11. The van der Waals surface area contributed by atoms with Gasteiger partial charge in [0.15, 0.2) is 0 Å². The van der Waals surface area contributed by atoms with E-state index in [1.54, 1.807) is 6.20 Å². The van der Waals surface area contributed by atoms with Crippen LogP contribution in [0.25, 0.3) is 0 Å². The molecule has 0 saturated heterocycles. The third-order valence-electron chi connectivity index (χ3n) is 1.99. The Morgan fingerprint density at radius 3 is 3.00 bits per heavy atom. The Bertz CT molecular complexity index is 300. The molecule has 0 amide bonds. The lowest BCUT2D eigenvalue weighted by molar-refractivity contribution is 0.0727. The van der Waals surface area contributed by atoms with Crippen LogP contribution in [0.5, 0.6) is 0 Å². The molecule has 4 nitrogen and oxygen atoms in total. The van der Waals surface area contributed by atoms with Gasteiger partial charge in [0.2, 0.25) is 0 Å². The summed E-state index contributed by atoms with van der Waals surface area (Å²) in [4.78, 5) is 4.19. The molecule has 3 N–H and O–H groups in total. The maximum absolute atomic E-state index is 7.11. The molecule has 1 rings (SSSR count). The Kier molecular flexibility index (Phi) is 4.77. The molecule has 4 heteroatoms. The van der Waals surface area contributed by atoms with Gasteiger partial charge in [0.1, 0.15) is 0 Å². The van der Waals surface area contributed by atoms with Crippen molar-refractivity contribution in [2.45, 2.75) is 25.9 Å². The summed E-state index contributed by atoms with van der Waals surface area (Å²) in [5.74, 6) is 0.167. The molecule has 0 fully saturated rings. The van der Waals surface area contributed by atoms with Gasteiger partial charge in [0.05, 0.1) is 18.5 Å². The van der Waals surface area contributed by atoms with Crippen molar-refractivity contribution in [1.82, 2.24) is 4.98 Å². The lowest BCUT2D eigenvalue weighted by Crippen LogP contribution is -2.20. The summed E-state index contributed by atoms with van der Waals surface area (Å²) in [7, 11) is 0. The highest BCUT2D eigenvalue weighted by Gasteiger charge is 2.03. The van der Waals surface area contributed by atoms with Crippen LogP contribution in [0.1, 0.15) is 19.0 Å². The van der Waals surface area contributed by atoms with E-state index in [1.165, 1.54) is 0 Å². The van der Waals surface area contributed by atoms with Crippen LogP contribution in [0.4, 0.5) is 0 Å². The van der Waals surface area contributed by atoms with Crippen molar-refractivity contribution in [3.63, 3.8) is 0 Å². The Morgan fingerprint density at radius 2 is 2.40 bits per heavy atom. The fourth-order valence-electron chi connectivity index (χ4n) is 1.28. The smallest absolute Gasteiger partial charge is 0.0931 e. The standard InChI is InChI=1S/C11H17N3O/c1-9(8-11(12)13)15-7-5-10-4-2-3-6-14-10/h2-4,6,9H,5,7-8H2,1H3,(H3,12,13). The van der Waals surface area contributed by atoms with Crippen LogP contribution in [0.15, 0.2) is 24.4 Å². The normalized spacial score (nSPS) is 12.3. The highest BCUT2D eigenvalue weighted by Crippen LogP contribution is 2.00. The second-order valence-electron chi connectivity index (χ2n) is 3.48. The molecular formula is C11H17N3O. The molecule has 82 valence electrons. The molecule has 1 atom stereocenters. The number of aromatic nitrogens is 1. The Morgan fingerprint density at radius 1 is 1.60 bits per heavy atom. The molecule has 0 saturated carbocycles. The summed E-state index contributed by atoms with van der Waals surface area (Å²) in [6.45, 7) is 2.53. The van der Waals surface area contributed by atoms with E-state index in [0.29, 0.717) is 13.0 Å². The van der Waals surface area contributed by atoms with Crippen LogP contribution in [-0.4, -0.2) is 23.5 Å². The number of ether oxygens (including phenoxy) is 1. The summed E-state index contributed by atoms with van der Waals surface area (Å²) >= 11 is 0. The van der Waals surface area contributed by atoms with Gasteiger partial charge in [-0.3, -0.25) is 10.4 Å². The molecule has 0 aliphatic rings. The van der Waals surface area contributed by atoms with E-state index in [-0.39, 0.29) is 11.9 Å².